The molecule has 4 heteroatoms. The van der Waals surface area contributed by atoms with Crippen molar-refractivity contribution in [2.24, 2.45) is 11.8 Å². The van der Waals surface area contributed by atoms with E-state index in [-0.39, 0.29) is 5.97 Å². The van der Waals surface area contributed by atoms with E-state index in [4.69, 9.17) is 14.2 Å². The Bertz CT molecular complexity index is 253. The summed E-state index contributed by atoms with van der Waals surface area (Å²) >= 11 is 0. The van der Waals surface area contributed by atoms with Gasteiger partial charge in [0.05, 0.1) is 19.8 Å². The van der Waals surface area contributed by atoms with E-state index in [0.717, 1.165) is 25.9 Å². The topological polar surface area (TPSA) is 44.8 Å². The summed E-state index contributed by atoms with van der Waals surface area (Å²) < 4.78 is 16.2. The fourth-order valence-electron chi connectivity index (χ4n) is 2.04. The maximum absolute atomic E-state index is 11.6. The van der Waals surface area contributed by atoms with Gasteiger partial charge in [-0.3, -0.25) is 4.79 Å². The third-order valence-corrected chi connectivity index (χ3v) is 3.52. The molecule has 1 atom stereocenters. The summed E-state index contributed by atoms with van der Waals surface area (Å²) in [6.45, 7) is 11.7. The average Bonchev–Trinajstić information content (AvgIpc) is 2.49. The molecular formula is C18H36O4. The van der Waals surface area contributed by atoms with Crippen molar-refractivity contribution in [2.75, 3.05) is 33.0 Å². The van der Waals surface area contributed by atoms with Crippen LogP contribution in [0.2, 0.25) is 0 Å². The third-order valence-electron chi connectivity index (χ3n) is 3.52. The molecule has 0 heterocycles. The number of rotatable bonds is 15. The molecule has 0 aromatic rings. The van der Waals surface area contributed by atoms with Crippen LogP contribution in [0, 0.1) is 11.8 Å². The first-order valence-corrected chi connectivity index (χ1v) is 8.91. The summed E-state index contributed by atoms with van der Waals surface area (Å²) in [5, 5.41) is 0. The van der Waals surface area contributed by atoms with E-state index in [1.165, 1.54) is 12.8 Å². The van der Waals surface area contributed by atoms with Crippen molar-refractivity contribution in [3.8, 4) is 0 Å². The van der Waals surface area contributed by atoms with Gasteiger partial charge in [0.15, 0.2) is 0 Å². The summed E-state index contributed by atoms with van der Waals surface area (Å²) in [4.78, 5) is 11.6. The second-order valence-corrected chi connectivity index (χ2v) is 6.28. The van der Waals surface area contributed by atoms with Gasteiger partial charge in [0, 0.05) is 19.6 Å². The first-order chi connectivity index (χ1) is 10.6. The highest BCUT2D eigenvalue weighted by Gasteiger charge is 2.09. The largest absolute Gasteiger partial charge is 0.465 e. The Morgan fingerprint density at radius 1 is 0.955 bits per heavy atom. The number of carbonyl (C=O) groups excluding carboxylic acids is 1. The van der Waals surface area contributed by atoms with Crippen LogP contribution in [0.4, 0.5) is 0 Å². The normalized spacial score (nSPS) is 12.6. The number of carbonyl (C=O) groups is 1. The summed E-state index contributed by atoms with van der Waals surface area (Å²) in [7, 11) is 0. The molecule has 0 aliphatic carbocycles. The molecule has 4 nitrogen and oxygen atoms in total. The molecule has 0 saturated heterocycles. The van der Waals surface area contributed by atoms with Gasteiger partial charge in [-0.05, 0) is 24.7 Å². The molecule has 132 valence electrons. The quantitative estimate of drug-likeness (QED) is 0.335. The molecule has 0 aliphatic heterocycles. The lowest BCUT2D eigenvalue weighted by Gasteiger charge is -2.14. The molecule has 0 spiro atoms. The highest BCUT2D eigenvalue weighted by molar-refractivity contribution is 5.69. The van der Waals surface area contributed by atoms with Crippen molar-refractivity contribution in [1.29, 1.82) is 0 Å². The summed E-state index contributed by atoms with van der Waals surface area (Å²) in [6, 6.07) is 0. The molecular weight excluding hydrogens is 280 g/mol. The van der Waals surface area contributed by atoms with Crippen LogP contribution in [0.3, 0.4) is 0 Å². The van der Waals surface area contributed by atoms with Crippen LogP contribution in [0.5, 0.6) is 0 Å². The third kappa shape index (κ3) is 14.3. The Hall–Kier alpha value is -0.610. The lowest BCUT2D eigenvalue weighted by Crippen LogP contribution is -2.14. The van der Waals surface area contributed by atoms with E-state index in [2.05, 4.69) is 27.7 Å². The number of hydrogen-bond donors (Lipinski definition) is 0. The number of hydrogen-bond acceptors (Lipinski definition) is 4. The molecule has 0 rings (SSSR count). The summed E-state index contributed by atoms with van der Waals surface area (Å²) in [6.07, 6.45) is 5.80. The van der Waals surface area contributed by atoms with Crippen molar-refractivity contribution in [1.82, 2.24) is 0 Å². The van der Waals surface area contributed by atoms with Gasteiger partial charge in [-0.2, -0.15) is 0 Å². The Balaban J connectivity index is 3.42. The zero-order valence-corrected chi connectivity index (χ0v) is 15.1. The average molecular weight is 316 g/mol. The van der Waals surface area contributed by atoms with Crippen molar-refractivity contribution >= 4 is 5.97 Å². The lowest BCUT2D eigenvalue weighted by atomic mass is 10.0. The van der Waals surface area contributed by atoms with Crippen molar-refractivity contribution in [3.05, 3.63) is 0 Å². The van der Waals surface area contributed by atoms with Crippen LogP contribution in [-0.2, 0) is 19.0 Å². The molecule has 22 heavy (non-hydrogen) atoms. The van der Waals surface area contributed by atoms with Gasteiger partial charge < -0.3 is 14.2 Å². The molecule has 0 saturated carbocycles. The molecule has 0 bridgehead atoms. The van der Waals surface area contributed by atoms with Crippen LogP contribution >= 0.6 is 0 Å². The van der Waals surface area contributed by atoms with E-state index >= 15 is 0 Å². The van der Waals surface area contributed by atoms with E-state index in [0.29, 0.717) is 44.7 Å². The maximum Gasteiger partial charge on any atom is 0.305 e. The van der Waals surface area contributed by atoms with Crippen LogP contribution < -0.4 is 0 Å². The maximum atomic E-state index is 11.6. The molecule has 0 radical (unpaired) electrons. The monoisotopic (exact) mass is 316 g/mol. The molecule has 0 fully saturated rings. The van der Waals surface area contributed by atoms with Crippen LogP contribution in [-0.4, -0.2) is 39.0 Å². The Morgan fingerprint density at radius 3 is 2.32 bits per heavy atom. The van der Waals surface area contributed by atoms with Gasteiger partial charge >= 0.3 is 5.97 Å². The van der Waals surface area contributed by atoms with E-state index in [1.807, 2.05) is 0 Å². The lowest BCUT2D eigenvalue weighted by molar-refractivity contribution is -0.145. The second-order valence-electron chi connectivity index (χ2n) is 6.28. The smallest absolute Gasteiger partial charge is 0.305 e. The Labute approximate surface area is 136 Å². The highest BCUT2D eigenvalue weighted by atomic mass is 16.5. The van der Waals surface area contributed by atoms with E-state index in [9.17, 15) is 4.79 Å². The van der Waals surface area contributed by atoms with Crippen molar-refractivity contribution in [2.45, 2.75) is 66.2 Å². The highest BCUT2D eigenvalue weighted by Crippen LogP contribution is 2.13. The van der Waals surface area contributed by atoms with Crippen LogP contribution in [0.15, 0.2) is 0 Å². The fraction of sp³-hybridized carbons (Fsp3) is 0.944. The minimum Gasteiger partial charge on any atom is -0.465 e. The Kier molecular flexibility index (Phi) is 14.9. The second kappa shape index (κ2) is 15.3. The van der Waals surface area contributed by atoms with E-state index < -0.39 is 0 Å². The molecule has 0 aliphatic rings. The van der Waals surface area contributed by atoms with E-state index in [1.54, 1.807) is 0 Å². The van der Waals surface area contributed by atoms with Gasteiger partial charge in [-0.15, -0.1) is 0 Å². The van der Waals surface area contributed by atoms with Gasteiger partial charge in [0.25, 0.3) is 0 Å². The SMILES string of the molecule is CCCCC(CC)COC(=O)CCCOCCOCC(C)C. The van der Waals surface area contributed by atoms with Crippen LogP contribution in [0.25, 0.3) is 0 Å². The predicted molar refractivity (Wildman–Crippen MR) is 90.0 cm³/mol. The van der Waals surface area contributed by atoms with Gasteiger partial charge in [-0.1, -0.05) is 47.0 Å². The number of esters is 1. The first-order valence-electron chi connectivity index (χ1n) is 8.91. The first kappa shape index (κ1) is 21.4. The standard InChI is InChI=1S/C18H36O4/c1-5-7-9-17(6-2)15-22-18(19)10-8-11-20-12-13-21-14-16(3)4/h16-17H,5-15H2,1-4H3. The predicted octanol–water partition coefficient (Wildman–Crippen LogP) is 4.22. The number of ether oxygens (including phenoxy) is 3. The molecule has 0 N–H and O–H groups in total. The Morgan fingerprint density at radius 2 is 1.68 bits per heavy atom. The summed E-state index contributed by atoms with van der Waals surface area (Å²) in [5.74, 6) is 0.965. The van der Waals surface area contributed by atoms with Gasteiger partial charge in [0.1, 0.15) is 0 Å². The zero-order chi connectivity index (χ0) is 16.6. The van der Waals surface area contributed by atoms with Gasteiger partial charge in [-0.25, -0.2) is 0 Å². The molecule has 0 amide bonds. The number of unbranched alkanes of at least 4 members (excludes halogenated alkanes) is 1. The van der Waals surface area contributed by atoms with Gasteiger partial charge in [0.2, 0.25) is 0 Å². The van der Waals surface area contributed by atoms with Crippen molar-refractivity contribution < 1.29 is 19.0 Å². The molecule has 1 unspecified atom stereocenters. The van der Waals surface area contributed by atoms with Crippen LogP contribution in [0.1, 0.15) is 66.2 Å². The van der Waals surface area contributed by atoms with Crippen molar-refractivity contribution in [3.63, 3.8) is 0 Å². The minimum absolute atomic E-state index is 0.102. The molecule has 0 aromatic carbocycles. The summed E-state index contributed by atoms with van der Waals surface area (Å²) in [5.41, 5.74) is 0. The fourth-order valence-corrected chi connectivity index (χ4v) is 2.04. The minimum atomic E-state index is -0.102. The zero-order valence-electron chi connectivity index (χ0n) is 15.1. The molecule has 0 aromatic heterocycles.